The summed E-state index contributed by atoms with van der Waals surface area (Å²) in [5, 5.41) is 34.5. The number of pyridine rings is 1. The van der Waals surface area contributed by atoms with Crippen molar-refractivity contribution in [3.05, 3.63) is 23.9 Å². The number of nitrogens with one attached hydrogen (secondary N) is 2. The number of hydrogen-bond donors (Lipinski definition) is 5. The Labute approximate surface area is 146 Å². The molecule has 0 saturated carbocycles. The number of aromatic nitrogens is 1. The molecular weight excluding hydrogens is 357 g/mol. The van der Waals surface area contributed by atoms with Gasteiger partial charge in [-0.2, -0.15) is 13.2 Å². The molecule has 1 aromatic heterocycles. The number of alkyl halides is 3. The highest BCUT2D eigenvalue weighted by molar-refractivity contribution is 5.87. The van der Waals surface area contributed by atoms with Gasteiger partial charge >= 0.3 is 12.1 Å². The first kappa shape index (κ1) is 21.3. The first-order valence-electron chi connectivity index (χ1n) is 7.46. The maximum absolute atomic E-state index is 12.7. The first-order chi connectivity index (χ1) is 12.2. The molecule has 0 spiro atoms. The molecule has 0 radical (unpaired) electrons. The Morgan fingerprint density at radius 3 is 2.54 bits per heavy atom. The van der Waals surface area contributed by atoms with Crippen LogP contribution in [0.15, 0.2) is 28.7 Å². The molecule has 0 fully saturated rings. The van der Waals surface area contributed by atoms with E-state index in [-0.39, 0.29) is 19.6 Å². The van der Waals surface area contributed by atoms with Crippen LogP contribution in [0.25, 0.3) is 0 Å². The molecule has 1 rings (SSSR count). The normalized spacial score (nSPS) is 14.2. The topological polar surface area (TPSA) is 157 Å². The summed E-state index contributed by atoms with van der Waals surface area (Å²) in [5.41, 5.74) is 0.412. The number of nitrogens with two attached hydrogens (primary N) is 1. The summed E-state index contributed by atoms with van der Waals surface area (Å²) in [7, 11) is 0. The lowest BCUT2D eigenvalue weighted by molar-refractivity contribution is -0.166. The third kappa shape index (κ3) is 7.01. The van der Waals surface area contributed by atoms with Gasteiger partial charge in [0.1, 0.15) is 11.7 Å². The number of carboxylic acid groups (broad SMARTS) is 1. The molecule has 6 N–H and O–H groups in total. The van der Waals surface area contributed by atoms with Crippen molar-refractivity contribution in [2.24, 2.45) is 28.0 Å². The van der Waals surface area contributed by atoms with E-state index in [0.717, 1.165) is 0 Å². The molecule has 0 aliphatic rings. The Balaban J connectivity index is 3.05. The van der Waals surface area contributed by atoms with E-state index < -0.39 is 36.2 Å². The number of halogens is 3. The van der Waals surface area contributed by atoms with Gasteiger partial charge in [-0.1, -0.05) is 11.3 Å². The highest BCUT2D eigenvalue weighted by Gasteiger charge is 2.41. The number of rotatable bonds is 9. The summed E-state index contributed by atoms with van der Waals surface area (Å²) in [6.07, 6.45) is -5.21. The van der Waals surface area contributed by atoms with Crippen LogP contribution in [-0.4, -0.2) is 46.3 Å². The number of aliphatic hydroxyl groups excluding tert-OH is 1. The first-order valence-corrected chi connectivity index (χ1v) is 7.46. The van der Waals surface area contributed by atoms with Gasteiger partial charge in [-0.3, -0.25) is 10.2 Å². The Hall–Kier alpha value is -2.76. The van der Waals surface area contributed by atoms with Gasteiger partial charge in [0.15, 0.2) is 0 Å². The molecule has 0 aromatic carbocycles. The van der Waals surface area contributed by atoms with Crippen LogP contribution in [0.3, 0.4) is 0 Å². The van der Waals surface area contributed by atoms with Crippen LogP contribution in [-0.2, 0) is 11.2 Å². The lowest BCUT2D eigenvalue weighted by atomic mass is 9.84. The van der Waals surface area contributed by atoms with Crippen LogP contribution in [0, 0.1) is 17.2 Å². The highest BCUT2D eigenvalue weighted by atomic mass is 19.4. The van der Waals surface area contributed by atoms with Crippen LogP contribution in [0.5, 0.6) is 0 Å². The molecule has 0 bridgehead atoms. The van der Waals surface area contributed by atoms with Crippen molar-refractivity contribution in [3.63, 3.8) is 0 Å². The average Bonchev–Trinajstić information content (AvgIpc) is 2.56. The van der Waals surface area contributed by atoms with E-state index in [1.165, 1.54) is 18.3 Å². The quantitative estimate of drug-likeness (QED) is 0.145. The molecule has 0 unspecified atom stereocenters. The number of anilines is 1. The molecule has 1 heterocycles. The summed E-state index contributed by atoms with van der Waals surface area (Å²) in [4.78, 5) is 15.4. The number of aliphatic hydroxyl groups is 1. The van der Waals surface area contributed by atoms with Gasteiger partial charge in [0, 0.05) is 18.7 Å². The zero-order valence-corrected chi connectivity index (χ0v) is 13.6. The largest absolute Gasteiger partial charge is 0.481 e. The predicted octanol–water partition coefficient (Wildman–Crippen LogP) is 1.60. The maximum atomic E-state index is 12.7. The van der Waals surface area contributed by atoms with E-state index in [1.807, 2.05) is 0 Å². The van der Waals surface area contributed by atoms with E-state index >= 15 is 0 Å². The molecule has 1 aromatic rings. The minimum atomic E-state index is -4.72. The molecule has 26 heavy (non-hydrogen) atoms. The molecular formula is C14H19F3N6O3. The molecule has 144 valence electrons. The molecule has 0 amide bonds. The van der Waals surface area contributed by atoms with Gasteiger partial charge < -0.3 is 21.4 Å². The fraction of sp³-hybridized carbons (Fsp3) is 0.500. The van der Waals surface area contributed by atoms with Crippen molar-refractivity contribution in [1.29, 1.82) is 5.41 Å². The number of carboxylic acids is 1. The van der Waals surface area contributed by atoms with Crippen LogP contribution in [0.1, 0.15) is 12.0 Å². The van der Waals surface area contributed by atoms with Gasteiger partial charge in [-0.15, -0.1) is 5.11 Å². The van der Waals surface area contributed by atoms with Crippen LogP contribution in [0.2, 0.25) is 0 Å². The SMILES string of the molecule is N=C(N=NN)[C@@H](Cc1ccc(NCCO)nc1)[C@H](CC(F)(F)F)C(=O)O. The molecule has 9 nitrogen and oxygen atoms in total. The Morgan fingerprint density at radius 2 is 2.08 bits per heavy atom. The lowest BCUT2D eigenvalue weighted by Gasteiger charge is -2.23. The Kier molecular flexibility index (Phi) is 7.90. The fourth-order valence-electron chi connectivity index (χ4n) is 2.30. The highest BCUT2D eigenvalue weighted by Crippen LogP contribution is 2.32. The van der Waals surface area contributed by atoms with Crippen molar-refractivity contribution < 1.29 is 28.2 Å². The molecule has 2 atom stereocenters. The van der Waals surface area contributed by atoms with Crippen molar-refractivity contribution >= 4 is 17.6 Å². The van der Waals surface area contributed by atoms with Crippen molar-refractivity contribution in [2.45, 2.75) is 19.0 Å². The zero-order valence-electron chi connectivity index (χ0n) is 13.6. The average molecular weight is 376 g/mol. The molecule has 12 heteroatoms. The van der Waals surface area contributed by atoms with Gasteiger partial charge in [-0.05, 0) is 18.1 Å². The molecule has 0 aliphatic carbocycles. The number of nitrogens with zero attached hydrogens (tertiary/aromatic N) is 3. The fourth-order valence-corrected chi connectivity index (χ4v) is 2.30. The van der Waals surface area contributed by atoms with Crippen molar-refractivity contribution in [1.82, 2.24) is 4.98 Å². The van der Waals surface area contributed by atoms with E-state index in [9.17, 15) is 23.1 Å². The monoisotopic (exact) mass is 376 g/mol. The second-order valence-electron chi connectivity index (χ2n) is 5.38. The Morgan fingerprint density at radius 1 is 1.38 bits per heavy atom. The van der Waals surface area contributed by atoms with Crippen LogP contribution < -0.4 is 11.2 Å². The van der Waals surface area contributed by atoms with Gasteiger partial charge in [-0.25, -0.2) is 4.98 Å². The van der Waals surface area contributed by atoms with Gasteiger partial charge in [0.25, 0.3) is 0 Å². The third-order valence-electron chi connectivity index (χ3n) is 3.47. The molecule has 0 saturated heterocycles. The van der Waals surface area contributed by atoms with E-state index in [1.54, 1.807) is 0 Å². The number of hydrogen-bond acceptors (Lipinski definition) is 6. The minimum Gasteiger partial charge on any atom is -0.481 e. The smallest absolute Gasteiger partial charge is 0.389 e. The Bertz CT molecular complexity index is 636. The van der Waals surface area contributed by atoms with E-state index in [4.69, 9.17) is 16.4 Å². The number of aliphatic carboxylic acids is 1. The summed E-state index contributed by atoms with van der Waals surface area (Å²) in [5.74, 6) is -0.393. The van der Waals surface area contributed by atoms with E-state index in [2.05, 4.69) is 20.6 Å². The van der Waals surface area contributed by atoms with Crippen LogP contribution >= 0.6 is 0 Å². The summed E-state index contributed by atoms with van der Waals surface area (Å²) in [6, 6.07) is 3.05. The summed E-state index contributed by atoms with van der Waals surface area (Å²) >= 11 is 0. The number of carbonyl (C=O) groups is 1. The summed E-state index contributed by atoms with van der Waals surface area (Å²) < 4.78 is 38.2. The third-order valence-corrected chi connectivity index (χ3v) is 3.47. The minimum absolute atomic E-state index is 0.107. The van der Waals surface area contributed by atoms with E-state index in [0.29, 0.717) is 11.4 Å². The second-order valence-corrected chi connectivity index (χ2v) is 5.38. The predicted molar refractivity (Wildman–Crippen MR) is 85.6 cm³/mol. The second kappa shape index (κ2) is 9.65. The summed E-state index contributed by atoms with van der Waals surface area (Å²) in [6.45, 7) is 0.160. The maximum Gasteiger partial charge on any atom is 0.389 e. The lowest BCUT2D eigenvalue weighted by Crippen LogP contribution is -2.34. The zero-order chi connectivity index (χ0) is 19.7. The van der Waals surface area contributed by atoms with Crippen LogP contribution in [0.4, 0.5) is 19.0 Å². The van der Waals surface area contributed by atoms with Crippen molar-refractivity contribution in [2.75, 3.05) is 18.5 Å². The van der Waals surface area contributed by atoms with Crippen molar-refractivity contribution in [3.8, 4) is 0 Å². The van der Waals surface area contributed by atoms with Gasteiger partial charge in [0.05, 0.1) is 18.9 Å². The number of amidine groups is 1. The molecule has 0 aliphatic heterocycles. The standard InChI is InChI=1S/C14H19F3N6O3/c15-14(16,17)6-10(13(25)26)9(12(18)22-23-19)5-8-1-2-11(21-7-8)20-3-4-24/h1-2,7,9-10,24H,3-6H2,(H,20,21)(H,25,26)(H3,18,19,22)/t9-,10-/m0/s1. The van der Waals surface area contributed by atoms with Gasteiger partial charge in [0.2, 0.25) is 0 Å².